The number of hydrogen-bond donors (Lipinski definition) is 0. The summed E-state index contributed by atoms with van der Waals surface area (Å²) in [6.07, 6.45) is -3.51. The van der Waals surface area contributed by atoms with Gasteiger partial charge in [-0.2, -0.15) is 13.2 Å². The van der Waals surface area contributed by atoms with Crippen LogP contribution in [0.5, 0.6) is 0 Å². The molecule has 3 heterocycles. The Morgan fingerprint density at radius 1 is 1.24 bits per heavy atom. The monoisotopic (exact) mass is 311 g/mol. The highest BCUT2D eigenvalue weighted by atomic mass is 32.1. The number of fused-ring (bicyclic) bond motifs is 5. The fraction of sp³-hybridized carbons (Fsp3) is 0.357. The van der Waals surface area contributed by atoms with E-state index in [9.17, 15) is 13.2 Å². The summed E-state index contributed by atoms with van der Waals surface area (Å²) in [5.41, 5.74) is 3.08. The van der Waals surface area contributed by atoms with Gasteiger partial charge < -0.3 is 0 Å². The number of halogens is 3. The Kier molecular flexibility index (Phi) is 2.77. The zero-order valence-electron chi connectivity index (χ0n) is 11.0. The second-order valence-electron chi connectivity index (χ2n) is 5.27. The minimum Gasteiger partial charge on any atom is -0.289 e. The highest BCUT2D eigenvalue weighted by molar-refractivity contribution is 7.17. The molecule has 3 aromatic rings. The molecule has 0 aliphatic carbocycles. The molecule has 1 aliphatic rings. The van der Waals surface area contributed by atoms with Gasteiger partial charge in [-0.05, 0) is 12.1 Å². The molecule has 0 unspecified atom stereocenters. The fourth-order valence-electron chi connectivity index (χ4n) is 2.94. The summed E-state index contributed by atoms with van der Waals surface area (Å²) in [6.45, 7) is -0.0462. The number of rotatable bonds is 1. The number of benzene rings is 1. The van der Waals surface area contributed by atoms with Gasteiger partial charge in [0.25, 0.3) is 0 Å². The average molecular weight is 311 g/mol. The Balaban J connectivity index is 1.76. The third-order valence-corrected chi connectivity index (χ3v) is 4.84. The van der Waals surface area contributed by atoms with Crippen molar-refractivity contribution in [3.05, 3.63) is 34.8 Å². The zero-order valence-corrected chi connectivity index (χ0v) is 11.8. The Morgan fingerprint density at radius 3 is 2.86 bits per heavy atom. The van der Waals surface area contributed by atoms with Gasteiger partial charge in [0.05, 0.1) is 17.6 Å². The van der Waals surface area contributed by atoms with E-state index in [2.05, 4.69) is 9.38 Å². The molecule has 0 bridgehead atoms. The molecule has 3 nitrogen and oxygen atoms in total. The van der Waals surface area contributed by atoms with E-state index in [-0.39, 0.29) is 0 Å². The predicted molar refractivity (Wildman–Crippen MR) is 75.6 cm³/mol. The molecule has 1 aliphatic heterocycles. The molecule has 0 saturated heterocycles. The first-order valence-electron chi connectivity index (χ1n) is 6.68. The summed E-state index contributed by atoms with van der Waals surface area (Å²) in [7, 11) is 0. The molecule has 0 fully saturated rings. The van der Waals surface area contributed by atoms with Crippen molar-refractivity contribution in [1.82, 2.24) is 14.3 Å². The number of para-hydroxylation sites is 2. The molecule has 1 aromatic carbocycles. The quantitative estimate of drug-likeness (QED) is 0.686. The van der Waals surface area contributed by atoms with Crippen molar-refractivity contribution in [1.29, 1.82) is 0 Å². The van der Waals surface area contributed by atoms with Gasteiger partial charge in [-0.3, -0.25) is 9.30 Å². The summed E-state index contributed by atoms with van der Waals surface area (Å²) in [5, 5.41) is 0. The van der Waals surface area contributed by atoms with Crippen LogP contribution in [-0.2, 0) is 13.0 Å². The second kappa shape index (κ2) is 4.45. The maximum Gasteiger partial charge on any atom is 0.401 e. The molecule has 7 heteroatoms. The van der Waals surface area contributed by atoms with Crippen molar-refractivity contribution in [2.75, 3.05) is 13.1 Å². The van der Waals surface area contributed by atoms with Gasteiger partial charge in [-0.15, -0.1) is 0 Å². The number of aromatic nitrogens is 2. The molecule has 0 saturated carbocycles. The second-order valence-corrected chi connectivity index (χ2v) is 6.33. The minimum atomic E-state index is -4.14. The van der Waals surface area contributed by atoms with E-state index in [1.54, 1.807) is 0 Å². The first-order valence-corrected chi connectivity index (χ1v) is 7.50. The predicted octanol–water partition coefficient (Wildman–Crippen LogP) is 3.47. The zero-order chi connectivity index (χ0) is 14.6. The summed E-state index contributed by atoms with van der Waals surface area (Å²) in [6, 6.07) is 7.86. The van der Waals surface area contributed by atoms with Crippen molar-refractivity contribution in [2.24, 2.45) is 0 Å². The standard InChI is InChI=1S/C14H12F3N3S/c15-14(16,17)8-19-6-5-11-12(7-19)21-13-18-9-3-1-2-4-10(9)20(11)13/h1-4H,5-8H2. The van der Waals surface area contributed by atoms with Crippen LogP contribution in [0, 0.1) is 0 Å². The van der Waals surface area contributed by atoms with E-state index >= 15 is 0 Å². The molecular formula is C14H12F3N3S. The highest BCUT2D eigenvalue weighted by Crippen LogP contribution is 2.32. The van der Waals surface area contributed by atoms with Gasteiger partial charge in [-0.1, -0.05) is 23.5 Å². The van der Waals surface area contributed by atoms with Gasteiger partial charge in [0.15, 0.2) is 4.96 Å². The van der Waals surface area contributed by atoms with Crippen LogP contribution in [0.2, 0.25) is 0 Å². The Morgan fingerprint density at radius 2 is 2.05 bits per heavy atom. The molecule has 0 N–H and O–H groups in total. The molecular weight excluding hydrogens is 299 g/mol. The van der Waals surface area contributed by atoms with Gasteiger partial charge in [0.2, 0.25) is 0 Å². The topological polar surface area (TPSA) is 20.5 Å². The molecule has 0 spiro atoms. The summed E-state index contributed by atoms with van der Waals surface area (Å²) in [4.78, 5) is 7.89. The van der Waals surface area contributed by atoms with Crippen molar-refractivity contribution in [3.63, 3.8) is 0 Å². The first-order chi connectivity index (χ1) is 10.0. The van der Waals surface area contributed by atoms with Crippen LogP contribution in [0.4, 0.5) is 13.2 Å². The van der Waals surface area contributed by atoms with E-state index in [4.69, 9.17) is 0 Å². The van der Waals surface area contributed by atoms with E-state index < -0.39 is 12.7 Å². The van der Waals surface area contributed by atoms with Crippen molar-refractivity contribution < 1.29 is 13.2 Å². The van der Waals surface area contributed by atoms with Gasteiger partial charge >= 0.3 is 6.18 Å². The van der Waals surface area contributed by atoms with E-state index in [0.29, 0.717) is 19.5 Å². The van der Waals surface area contributed by atoms with Crippen molar-refractivity contribution in [2.45, 2.75) is 19.1 Å². The van der Waals surface area contributed by atoms with Crippen LogP contribution in [0.25, 0.3) is 16.0 Å². The first kappa shape index (κ1) is 13.1. The maximum atomic E-state index is 12.5. The molecule has 110 valence electrons. The molecule has 0 atom stereocenters. The lowest BCUT2D eigenvalue weighted by atomic mass is 10.1. The number of hydrogen-bond acceptors (Lipinski definition) is 3. The van der Waals surface area contributed by atoms with Crippen molar-refractivity contribution in [3.8, 4) is 0 Å². The summed E-state index contributed by atoms with van der Waals surface area (Å²) < 4.78 is 39.6. The van der Waals surface area contributed by atoms with Crippen molar-refractivity contribution >= 4 is 27.3 Å². The highest BCUT2D eigenvalue weighted by Gasteiger charge is 2.33. The van der Waals surface area contributed by atoms with Crippen LogP contribution in [0.3, 0.4) is 0 Å². The van der Waals surface area contributed by atoms with Crippen LogP contribution in [0.15, 0.2) is 24.3 Å². The van der Waals surface area contributed by atoms with E-state index in [1.807, 2.05) is 24.3 Å². The number of nitrogens with zero attached hydrogens (tertiary/aromatic N) is 3. The van der Waals surface area contributed by atoms with E-state index in [0.717, 1.165) is 26.6 Å². The fourth-order valence-corrected chi connectivity index (χ4v) is 4.16. The molecule has 0 amide bonds. The summed E-state index contributed by atoms with van der Waals surface area (Å²) >= 11 is 1.50. The number of imidazole rings is 1. The SMILES string of the molecule is FC(F)(F)CN1CCc2c(sc3nc4ccccc4n23)C1. The maximum absolute atomic E-state index is 12.5. The molecule has 0 radical (unpaired) electrons. The third kappa shape index (κ3) is 2.20. The summed E-state index contributed by atoms with van der Waals surface area (Å²) in [5.74, 6) is 0. The molecule has 21 heavy (non-hydrogen) atoms. The lowest BCUT2D eigenvalue weighted by molar-refractivity contribution is -0.147. The lowest BCUT2D eigenvalue weighted by Gasteiger charge is -2.27. The largest absolute Gasteiger partial charge is 0.401 e. The Hall–Kier alpha value is -1.60. The average Bonchev–Trinajstić information content (AvgIpc) is 2.91. The van der Waals surface area contributed by atoms with Gasteiger partial charge in [-0.25, -0.2) is 4.98 Å². The number of alkyl halides is 3. The van der Waals surface area contributed by atoms with E-state index in [1.165, 1.54) is 16.2 Å². The minimum absolute atomic E-state index is 0.358. The van der Waals surface area contributed by atoms with Crippen LogP contribution < -0.4 is 0 Å². The molecule has 2 aromatic heterocycles. The number of thiazole rings is 1. The third-order valence-electron chi connectivity index (χ3n) is 3.77. The van der Waals surface area contributed by atoms with Crippen LogP contribution in [0.1, 0.15) is 10.6 Å². The normalized spacial score (nSPS) is 16.7. The van der Waals surface area contributed by atoms with Crippen LogP contribution in [-0.4, -0.2) is 33.6 Å². The van der Waals surface area contributed by atoms with Gasteiger partial charge in [0, 0.05) is 30.1 Å². The van der Waals surface area contributed by atoms with Gasteiger partial charge in [0.1, 0.15) is 0 Å². The Labute approximate surface area is 122 Å². The smallest absolute Gasteiger partial charge is 0.289 e. The lowest BCUT2D eigenvalue weighted by Crippen LogP contribution is -2.37. The Bertz CT molecular complexity index is 818. The molecule has 4 rings (SSSR count). The van der Waals surface area contributed by atoms with Crippen LogP contribution >= 0.6 is 11.3 Å².